The van der Waals surface area contributed by atoms with E-state index in [0.717, 1.165) is 17.0 Å². The van der Waals surface area contributed by atoms with Gasteiger partial charge in [0.15, 0.2) is 17.3 Å². The number of carbonyl (C=O) groups excluding carboxylic acids is 2. The second kappa shape index (κ2) is 11.3. The summed E-state index contributed by atoms with van der Waals surface area (Å²) >= 11 is 6.37. The highest BCUT2D eigenvalue weighted by molar-refractivity contribution is 6.32. The first-order valence-corrected chi connectivity index (χ1v) is 12.9. The van der Waals surface area contributed by atoms with Crippen molar-refractivity contribution in [2.45, 2.75) is 51.9 Å². The Kier molecular flexibility index (Phi) is 8.13. The predicted molar refractivity (Wildman–Crippen MR) is 141 cm³/mol. The summed E-state index contributed by atoms with van der Waals surface area (Å²) in [5.41, 5.74) is 3.89. The highest BCUT2D eigenvalue weighted by atomic mass is 35.5. The number of allylic oxidation sites excluding steroid dienone is 3. The van der Waals surface area contributed by atoms with Gasteiger partial charge < -0.3 is 24.6 Å². The number of hydrogen-bond donors (Lipinski definition) is 2. The van der Waals surface area contributed by atoms with Crippen LogP contribution in [0.25, 0.3) is 0 Å². The Morgan fingerprint density at radius 1 is 1.14 bits per heavy atom. The first-order chi connectivity index (χ1) is 17.8. The number of halogens is 1. The zero-order valence-electron chi connectivity index (χ0n) is 21.5. The van der Waals surface area contributed by atoms with Crippen molar-refractivity contribution in [1.82, 2.24) is 5.32 Å². The molecule has 196 valence electrons. The Labute approximate surface area is 222 Å². The van der Waals surface area contributed by atoms with Gasteiger partial charge in [-0.3, -0.25) is 4.79 Å². The van der Waals surface area contributed by atoms with Crippen LogP contribution in [0.3, 0.4) is 0 Å². The van der Waals surface area contributed by atoms with Gasteiger partial charge in [0.1, 0.15) is 5.75 Å². The molecule has 2 N–H and O–H groups in total. The lowest BCUT2D eigenvalue weighted by molar-refractivity contribution is -0.139. The van der Waals surface area contributed by atoms with Crippen molar-refractivity contribution in [3.05, 3.63) is 75.1 Å². The van der Waals surface area contributed by atoms with Gasteiger partial charge in [-0.25, -0.2) is 4.79 Å². The number of hydrogen-bond acceptors (Lipinski definition) is 7. The van der Waals surface area contributed by atoms with Gasteiger partial charge >= 0.3 is 5.97 Å². The maximum Gasteiger partial charge on any atom is 0.336 e. The lowest BCUT2D eigenvalue weighted by atomic mass is 9.71. The second-order valence-corrected chi connectivity index (χ2v) is 9.62. The first kappa shape index (κ1) is 26.6. The molecule has 2 aromatic rings. The Hall–Kier alpha value is -3.45. The summed E-state index contributed by atoms with van der Waals surface area (Å²) in [6, 6.07) is 11.0. The molecule has 0 saturated heterocycles. The van der Waals surface area contributed by atoms with Crippen LogP contribution in [0.1, 0.15) is 63.0 Å². The minimum Gasteiger partial charge on any atom is -0.503 e. The highest BCUT2D eigenvalue weighted by Gasteiger charge is 2.42. The van der Waals surface area contributed by atoms with Gasteiger partial charge in [-0.15, -0.1) is 0 Å². The number of rotatable bonds is 8. The molecule has 2 atom stereocenters. The number of aromatic hydroxyl groups is 1. The van der Waals surface area contributed by atoms with Crippen molar-refractivity contribution in [3.63, 3.8) is 0 Å². The van der Waals surface area contributed by atoms with Gasteiger partial charge in [0.2, 0.25) is 0 Å². The van der Waals surface area contributed by atoms with Gasteiger partial charge in [-0.05, 0) is 68.0 Å². The molecule has 0 fully saturated rings. The van der Waals surface area contributed by atoms with Gasteiger partial charge in [-0.2, -0.15) is 0 Å². The number of esters is 1. The fourth-order valence-electron chi connectivity index (χ4n) is 5.05. The normalized spacial score (nSPS) is 19.3. The Bertz CT molecular complexity index is 1260. The number of phenols is 1. The van der Waals surface area contributed by atoms with Crippen LogP contribution >= 0.6 is 11.6 Å². The molecule has 0 saturated carbocycles. The largest absolute Gasteiger partial charge is 0.503 e. The second-order valence-electron chi connectivity index (χ2n) is 9.21. The van der Waals surface area contributed by atoms with Crippen LogP contribution in [0.2, 0.25) is 5.02 Å². The van der Waals surface area contributed by atoms with Crippen molar-refractivity contribution in [2.75, 3.05) is 20.3 Å². The van der Waals surface area contributed by atoms with E-state index in [0.29, 0.717) is 48.3 Å². The van der Waals surface area contributed by atoms with E-state index < -0.39 is 11.9 Å². The minimum absolute atomic E-state index is 0.0194. The number of Topliss-reactive ketones (excluding diaryl/α,β-unsaturated/α-hetero) is 1. The number of dihydropyridines is 1. The van der Waals surface area contributed by atoms with E-state index in [1.54, 1.807) is 26.2 Å². The third kappa shape index (κ3) is 5.32. The zero-order valence-corrected chi connectivity index (χ0v) is 22.3. The molecule has 0 aromatic heterocycles. The SMILES string of the molecule is CCCOC(=O)C1=C(C)NC2=C(C(=O)C[C@H](c3ccc(OC)cc3)C2)[C@@H]1c1cc(Cl)c(O)c(OCC)c1. The quantitative estimate of drug-likeness (QED) is 0.423. The van der Waals surface area contributed by atoms with Gasteiger partial charge in [0.05, 0.1) is 30.9 Å². The molecule has 37 heavy (non-hydrogen) atoms. The third-order valence-corrected chi connectivity index (χ3v) is 7.04. The number of carbonyl (C=O) groups is 2. The predicted octanol–water partition coefficient (Wildman–Crippen LogP) is 5.77. The molecule has 2 aliphatic rings. The summed E-state index contributed by atoms with van der Waals surface area (Å²) in [7, 11) is 1.62. The summed E-state index contributed by atoms with van der Waals surface area (Å²) in [6.45, 7) is 6.11. The smallest absolute Gasteiger partial charge is 0.336 e. The van der Waals surface area contributed by atoms with Crippen molar-refractivity contribution < 1.29 is 28.9 Å². The minimum atomic E-state index is -0.706. The average molecular weight is 526 g/mol. The molecule has 2 aromatic carbocycles. The number of ether oxygens (including phenoxy) is 3. The molecule has 4 rings (SSSR count). The van der Waals surface area contributed by atoms with E-state index in [9.17, 15) is 14.7 Å². The Morgan fingerprint density at radius 2 is 1.86 bits per heavy atom. The van der Waals surface area contributed by atoms with Gasteiger partial charge in [0, 0.05) is 29.3 Å². The van der Waals surface area contributed by atoms with E-state index in [-0.39, 0.29) is 34.8 Å². The van der Waals surface area contributed by atoms with Gasteiger partial charge in [0.25, 0.3) is 0 Å². The number of methoxy groups -OCH3 is 1. The lowest BCUT2D eigenvalue weighted by Gasteiger charge is -2.37. The summed E-state index contributed by atoms with van der Waals surface area (Å²) in [5.74, 6) is -0.503. The first-order valence-electron chi connectivity index (χ1n) is 12.5. The van der Waals surface area contributed by atoms with Crippen molar-refractivity contribution in [3.8, 4) is 17.2 Å². The van der Waals surface area contributed by atoms with Crippen LogP contribution < -0.4 is 14.8 Å². The topological polar surface area (TPSA) is 94.1 Å². The van der Waals surface area contributed by atoms with Crippen molar-refractivity contribution in [2.24, 2.45) is 0 Å². The van der Waals surface area contributed by atoms with E-state index in [1.807, 2.05) is 38.1 Å². The Morgan fingerprint density at radius 3 is 2.51 bits per heavy atom. The van der Waals surface area contributed by atoms with Crippen LogP contribution in [0.4, 0.5) is 0 Å². The Balaban J connectivity index is 1.81. The number of nitrogens with one attached hydrogen (secondary N) is 1. The number of phenolic OH excluding ortho intramolecular Hbond substituents is 1. The molecule has 0 bridgehead atoms. The summed E-state index contributed by atoms with van der Waals surface area (Å²) in [6.07, 6.45) is 1.57. The molecule has 7 nitrogen and oxygen atoms in total. The molecule has 0 spiro atoms. The third-order valence-electron chi connectivity index (χ3n) is 6.76. The van der Waals surface area contributed by atoms with Crippen LogP contribution in [-0.2, 0) is 14.3 Å². The van der Waals surface area contributed by atoms with Crippen LogP contribution in [0.5, 0.6) is 17.2 Å². The molecule has 1 aliphatic heterocycles. The maximum absolute atomic E-state index is 13.8. The van der Waals surface area contributed by atoms with E-state index in [4.69, 9.17) is 25.8 Å². The standard InChI is InChI=1S/C29H32ClNO6/c1-5-11-37-29(34)25-16(3)31-22-13-18(17-7-9-20(35-4)10-8-17)14-23(32)27(22)26(25)19-12-21(30)28(33)24(15-19)36-6-2/h7-10,12,15,18,26,31,33H,5-6,11,13-14H2,1-4H3/t18-,26-/m1/s1. The fourth-order valence-corrected chi connectivity index (χ4v) is 5.27. The molecule has 8 heteroatoms. The van der Waals surface area contributed by atoms with Crippen molar-refractivity contribution in [1.29, 1.82) is 0 Å². The summed E-state index contributed by atoms with van der Waals surface area (Å²) < 4.78 is 16.4. The van der Waals surface area contributed by atoms with Gasteiger partial charge in [-0.1, -0.05) is 30.7 Å². The monoisotopic (exact) mass is 525 g/mol. The van der Waals surface area contributed by atoms with Crippen LogP contribution in [-0.4, -0.2) is 37.2 Å². The number of ketones is 1. The molecule has 1 aliphatic carbocycles. The van der Waals surface area contributed by atoms with E-state index >= 15 is 0 Å². The van der Waals surface area contributed by atoms with Crippen LogP contribution in [0, 0.1) is 0 Å². The van der Waals surface area contributed by atoms with E-state index in [1.165, 1.54) is 0 Å². The fraction of sp³-hybridized carbons (Fsp3) is 0.379. The lowest BCUT2D eigenvalue weighted by Crippen LogP contribution is -2.36. The van der Waals surface area contributed by atoms with E-state index in [2.05, 4.69) is 5.32 Å². The molecule has 0 radical (unpaired) electrons. The zero-order chi connectivity index (χ0) is 26.7. The molecular weight excluding hydrogens is 494 g/mol. The highest BCUT2D eigenvalue weighted by Crippen LogP contribution is 2.48. The van der Waals surface area contributed by atoms with Crippen molar-refractivity contribution >= 4 is 23.4 Å². The number of benzene rings is 2. The maximum atomic E-state index is 13.8. The average Bonchev–Trinajstić information content (AvgIpc) is 2.89. The molecule has 0 unspecified atom stereocenters. The molecule has 1 heterocycles. The summed E-state index contributed by atoms with van der Waals surface area (Å²) in [4.78, 5) is 27.0. The molecule has 0 amide bonds. The summed E-state index contributed by atoms with van der Waals surface area (Å²) in [5, 5.41) is 13.8. The molecular formula is C29H32ClNO6. The van der Waals surface area contributed by atoms with Crippen LogP contribution in [0.15, 0.2) is 58.9 Å².